The third-order valence-electron chi connectivity index (χ3n) is 7.59. The highest BCUT2D eigenvalue weighted by molar-refractivity contribution is 6.50. The van der Waals surface area contributed by atoms with Crippen molar-refractivity contribution in [3.63, 3.8) is 0 Å². The van der Waals surface area contributed by atoms with Gasteiger partial charge in [-0.15, -0.1) is 0 Å². The molecule has 1 unspecified atom stereocenters. The Morgan fingerprint density at radius 3 is 2.31 bits per heavy atom. The van der Waals surface area contributed by atoms with Gasteiger partial charge in [-0.25, -0.2) is 0 Å². The van der Waals surface area contributed by atoms with E-state index in [0.29, 0.717) is 17.5 Å². The average Bonchev–Trinajstić information content (AvgIpc) is 3.56. The molecule has 2 aromatic heterocycles. The number of aromatic nitrogens is 2. The Morgan fingerprint density at radius 1 is 0.872 bits per heavy atom. The molecule has 7 nitrogen and oxygen atoms in total. The molecule has 0 spiro atoms. The molecule has 0 saturated carbocycles. The van der Waals surface area contributed by atoms with Crippen LogP contribution in [-0.4, -0.2) is 57.1 Å². The van der Waals surface area contributed by atoms with Crippen LogP contribution in [0.5, 0.6) is 0 Å². The summed E-state index contributed by atoms with van der Waals surface area (Å²) >= 11 is 0. The zero-order valence-corrected chi connectivity index (χ0v) is 21.0. The Balaban J connectivity index is 1.52. The number of amides is 2. The number of hydrogen-bond donors (Lipinski definition) is 3. The number of para-hydroxylation sites is 2. The lowest BCUT2D eigenvalue weighted by atomic mass is 9.95. The number of imide groups is 1. The fraction of sp³-hybridized carbons (Fsp3) is 0.310. The van der Waals surface area contributed by atoms with Gasteiger partial charge in [0.1, 0.15) is 0 Å². The van der Waals surface area contributed by atoms with E-state index in [-0.39, 0.29) is 34.2 Å². The fourth-order valence-corrected chi connectivity index (χ4v) is 5.90. The fourth-order valence-electron chi connectivity index (χ4n) is 5.90. The largest absolute Gasteiger partial charge is 0.418 e. The molecule has 0 aliphatic carbocycles. The van der Waals surface area contributed by atoms with E-state index in [9.17, 15) is 27.9 Å². The number of piperidine rings is 1. The minimum atomic E-state index is -4.66. The lowest BCUT2D eigenvalue weighted by Crippen LogP contribution is -2.38. The van der Waals surface area contributed by atoms with Crippen molar-refractivity contribution >= 4 is 44.8 Å². The van der Waals surface area contributed by atoms with E-state index in [4.69, 9.17) is 0 Å². The Morgan fingerprint density at radius 2 is 1.56 bits per heavy atom. The van der Waals surface area contributed by atoms with Crippen LogP contribution < -0.4 is 5.32 Å². The van der Waals surface area contributed by atoms with Gasteiger partial charge in [-0.05, 0) is 38.1 Å². The number of aromatic amines is 1. The number of halogens is 3. The van der Waals surface area contributed by atoms with Crippen LogP contribution in [0.2, 0.25) is 0 Å². The molecule has 6 rings (SSSR count). The highest BCUT2D eigenvalue weighted by Crippen LogP contribution is 2.42. The molecule has 39 heavy (non-hydrogen) atoms. The molecule has 2 amide bonds. The van der Waals surface area contributed by atoms with Gasteiger partial charge in [0, 0.05) is 52.9 Å². The van der Waals surface area contributed by atoms with Crippen LogP contribution in [0.15, 0.2) is 54.9 Å². The number of aliphatic hydroxyl groups excluding tert-OH is 1. The van der Waals surface area contributed by atoms with Gasteiger partial charge in [0.05, 0.1) is 28.3 Å². The maximum absolute atomic E-state index is 14.2. The van der Waals surface area contributed by atoms with E-state index in [1.54, 1.807) is 12.3 Å². The third-order valence-corrected chi connectivity index (χ3v) is 7.59. The molecular formula is C29H27F3N4O3. The number of nitrogens with zero attached hydrogens (tertiary/aromatic N) is 2. The Hall–Kier alpha value is -3.89. The van der Waals surface area contributed by atoms with Gasteiger partial charge in [0.15, 0.2) is 0 Å². The molecule has 4 aromatic rings. The van der Waals surface area contributed by atoms with Crippen molar-refractivity contribution in [3.05, 3.63) is 71.5 Å². The highest BCUT2D eigenvalue weighted by Gasteiger charge is 2.38. The second-order valence-electron chi connectivity index (χ2n) is 10.2. The molecule has 1 atom stereocenters. The second kappa shape index (κ2) is 9.69. The Labute approximate surface area is 221 Å². The summed E-state index contributed by atoms with van der Waals surface area (Å²) in [6.07, 6.45) is 0.677. The topological polar surface area (TPSA) is 90.4 Å². The van der Waals surface area contributed by atoms with Crippen molar-refractivity contribution in [2.45, 2.75) is 38.1 Å². The molecule has 3 N–H and O–H groups in total. The van der Waals surface area contributed by atoms with Crippen LogP contribution in [0.25, 0.3) is 33.0 Å². The summed E-state index contributed by atoms with van der Waals surface area (Å²) in [5.41, 5.74) is 0.577. The van der Waals surface area contributed by atoms with Crippen molar-refractivity contribution in [2.24, 2.45) is 0 Å². The van der Waals surface area contributed by atoms with Crippen molar-refractivity contribution in [2.75, 3.05) is 19.6 Å². The van der Waals surface area contributed by atoms with Crippen molar-refractivity contribution in [1.29, 1.82) is 0 Å². The van der Waals surface area contributed by atoms with Gasteiger partial charge in [-0.1, -0.05) is 36.8 Å². The smallest absolute Gasteiger partial charge is 0.390 e. The summed E-state index contributed by atoms with van der Waals surface area (Å²) in [5.74, 6) is -1.29. The van der Waals surface area contributed by atoms with E-state index in [0.717, 1.165) is 43.9 Å². The van der Waals surface area contributed by atoms with Crippen LogP contribution in [0, 0.1) is 0 Å². The van der Waals surface area contributed by atoms with Crippen LogP contribution in [-0.2, 0) is 22.3 Å². The van der Waals surface area contributed by atoms with Gasteiger partial charge < -0.3 is 19.6 Å². The van der Waals surface area contributed by atoms with Gasteiger partial charge in [-0.2, -0.15) is 13.2 Å². The van der Waals surface area contributed by atoms with Crippen LogP contribution in [0.3, 0.4) is 0 Å². The van der Waals surface area contributed by atoms with Crippen LogP contribution >= 0.6 is 0 Å². The quantitative estimate of drug-likeness (QED) is 0.316. The maximum Gasteiger partial charge on any atom is 0.418 e. The summed E-state index contributed by atoms with van der Waals surface area (Å²) in [5, 5.41) is 14.1. The number of likely N-dealkylation sites (tertiary alicyclic amines) is 1. The zero-order valence-electron chi connectivity index (χ0n) is 21.0. The number of hydrogen-bond acceptors (Lipinski definition) is 4. The summed E-state index contributed by atoms with van der Waals surface area (Å²) in [7, 11) is 0. The monoisotopic (exact) mass is 536 g/mol. The number of alkyl halides is 3. The molecule has 2 aliphatic rings. The SMILES string of the molecule is O=C1NC(=O)C(c2cn(CC(O)CN3CCCCC3)c3c(C(F)(F)F)cccc23)=C1c1c[nH]c2ccccc12. The predicted octanol–water partition coefficient (Wildman–Crippen LogP) is 4.56. The molecule has 4 heterocycles. The first kappa shape index (κ1) is 25.4. The summed E-state index contributed by atoms with van der Waals surface area (Å²) in [6, 6.07) is 11.1. The van der Waals surface area contributed by atoms with E-state index < -0.39 is 29.7 Å². The normalized spacial score (nSPS) is 17.9. The van der Waals surface area contributed by atoms with Crippen molar-refractivity contribution in [1.82, 2.24) is 19.8 Å². The zero-order chi connectivity index (χ0) is 27.3. The standard InChI is InChI=1S/C29H27F3N4O3/c30-29(31,32)22-9-6-8-19-21(16-36(26(19)22)15-17(37)14-35-11-4-1-5-12-35)25-24(27(38)34-28(25)39)20-13-33-23-10-3-2-7-18(20)23/h2-3,6-10,13,16-17,33,37H,1,4-5,11-12,14-15H2,(H,34,38,39). The van der Waals surface area contributed by atoms with Crippen LogP contribution in [0.4, 0.5) is 13.2 Å². The second-order valence-corrected chi connectivity index (χ2v) is 10.2. The lowest BCUT2D eigenvalue weighted by Gasteiger charge is -2.28. The van der Waals surface area contributed by atoms with Crippen molar-refractivity contribution in [3.8, 4) is 0 Å². The molecule has 202 valence electrons. The van der Waals surface area contributed by atoms with Gasteiger partial charge in [0.25, 0.3) is 11.8 Å². The summed E-state index contributed by atoms with van der Waals surface area (Å²) in [4.78, 5) is 31.4. The van der Waals surface area contributed by atoms with Gasteiger partial charge in [0.2, 0.25) is 0 Å². The summed E-state index contributed by atoms with van der Waals surface area (Å²) in [6.45, 7) is 1.92. The van der Waals surface area contributed by atoms with E-state index in [1.165, 1.54) is 22.9 Å². The predicted molar refractivity (Wildman–Crippen MR) is 142 cm³/mol. The third kappa shape index (κ3) is 4.53. The number of carbonyl (C=O) groups excluding carboxylic acids is 2. The molecule has 2 aliphatic heterocycles. The average molecular weight is 537 g/mol. The first-order chi connectivity index (χ1) is 18.7. The number of H-pyrrole nitrogens is 1. The van der Waals surface area contributed by atoms with E-state index >= 15 is 0 Å². The van der Waals surface area contributed by atoms with Gasteiger partial charge >= 0.3 is 6.18 Å². The lowest BCUT2D eigenvalue weighted by molar-refractivity contribution is -0.136. The first-order valence-corrected chi connectivity index (χ1v) is 13.0. The first-order valence-electron chi connectivity index (χ1n) is 13.0. The number of aliphatic hydroxyl groups is 1. The van der Waals surface area contributed by atoms with E-state index in [2.05, 4.69) is 15.2 Å². The van der Waals surface area contributed by atoms with Gasteiger partial charge in [-0.3, -0.25) is 14.9 Å². The number of fused-ring (bicyclic) bond motifs is 2. The Kier molecular flexibility index (Phi) is 6.31. The molecule has 0 bridgehead atoms. The van der Waals surface area contributed by atoms with E-state index in [1.807, 2.05) is 18.2 Å². The summed E-state index contributed by atoms with van der Waals surface area (Å²) < 4.78 is 43.9. The number of nitrogens with one attached hydrogen (secondary N) is 2. The highest BCUT2D eigenvalue weighted by atomic mass is 19.4. The molecule has 2 aromatic carbocycles. The molecule has 10 heteroatoms. The number of rotatable bonds is 6. The number of β-amino-alcohol motifs (C(OH)–C–C–N with tert-alkyl or cyclic N) is 1. The molecule has 0 radical (unpaired) electrons. The minimum Gasteiger partial charge on any atom is -0.390 e. The number of carbonyl (C=O) groups is 2. The Bertz CT molecular complexity index is 1630. The maximum atomic E-state index is 14.2. The molecular weight excluding hydrogens is 509 g/mol. The molecule has 1 fully saturated rings. The minimum absolute atomic E-state index is 0.0124. The van der Waals surface area contributed by atoms with Crippen molar-refractivity contribution < 1.29 is 27.9 Å². The number of benzene rings is 2. The molecule has 1 saturated heterocycles. The van der Waals surface area contributed by atoms with Crippen LogP contribution in [0.1, 0.15) is 36.0 Å².